The largest absolute Gasteiger partial charge is 0.353 e. The van der Waals surface area contributed by atoms with Gasteiger partial charge in [0, 0.05) is 31.7 Å². The molecule has 1 aliphatic heterocycles. The van der Waals surface area contributed by atoms with E-state index in [1.807, 2.05) is 0 Å². The molecule has 5 nitrogen and oxygen atoms in total. The van der Waals surface area contributed by atoms with Crippen molar-refractivity contribution in [3.05, 3.63) is 0 Å². The summed E-state index contributed by atoms with van der Waals surface area (Å²) in [7, 11) is 4.25. The summed E-state index contributed by atoms with van der Waals surface area (Å²) in [6.45, 7) is 3.33. The summed E-state index contributed by atoms with van der Waals surface area (Å²) in [6.07, 6.45) is 4.93. The average Bonchev–Trinajstić information content (AvgIpc) is 2.87. The van der Waals surface area contributed by atoms with E-state index in [0.29, 0.717) is 0 Å². The summed E-state index contributed by atoms with van der Waals surface area (Å²) >= 11 is 0. The van der Waals surface area contributed by atoms with E-state index in [4.69, 9.17) is 0 Å². The molecule has 0 bridgehead atoms. The van der Waals surface area contributed by atoms with Gasteiger partial charge in [-0.25, -0.2) is 0 Å². The third-order valence-electron chi connectivity index (χ3n) is 4.43. The number of likely N-dealkylation sites (N-methyl/N-ethyl adjacent to an activating group) is 1. The molecule has 1 saturated carbocycles. The molecule has 2 fully saturated rings. The van der Waals surface area contributed by atoms with E-state index in [1.54, 1.807) is 0 Å². The second-order valence-corrected chi connectivity index (χ2v) is 5.75. The predicted molar refractivity (Wildman–Crippen MR) is 72.6 cm³/mol. The van der Waals surface area contributed by atoms with Crippen LogP contribution in [-0.4, -0.2) is 62.7 Å². The minimum absolute atomic E-state index is 0.0700. The van der Waals surface area contributed by atoms with Gasteiger partial charge in [-0.05, 0) is 26.9 Å². The Bertz CT molecular complexity index is 281. The average molecular weight is 254 g/mol. The standard InChI is InChI=1S/C13H26N4O/c1-17(2)13(5-3-4-6-13)10-16-12(18)11-9-14-7-8-15-11/h11,14-15H,3-10H2,1-2H3,(H,16,18). The molecule has 1 amide bonds. The lowest BCUT2D eigenvalue weighted by Crippen LogP contribution is -2.58. The Morgan fingerprint density at radius 1 is 1.33 bits per heavy atom. The summed E-state index contributed by atoms with van der Waals surface area (Å²) in [5.41, 5.74) is 0.178. The van der Waals surface area contributed by atoms with E-state index >= 15 is 0 Å². The van der Waals surface area contributed by atoms with Gasteiger partial charge < -0.3 is 20.9 Å². The maximum absolute atomic E-state index is 12.1. The lowest BCUT2D eigenvalue weighted by Gasteiger charge is -2.37. The summed E-state index contributed by atoms with van der Waals surface area (Å²) in [6, 6.07) is -0.0700. The summed E-state index contributed by atoms with van der Waals surface area (Å²) in [5.74, 6) is 0.135. The molecule has 3 N–H and O–H groups in total. The molecule has 1 aliphatic carbocycles. The fourth-order valence-corrected chi connectivity index (χ4v) is 3.03. The Morgan fingerprint density at radius 3 is 2.61 bits per heavy atom. The van der Waals surface area contributed by atoms with Crippen LogP contribution in [0.2, 0.25) is 0 Å². The predicted octanol–water partition coefficient (Wildman–Crippen LogP) is -0.462. The van der Waals surface area contributed by atoms with Gasteiger partial charge in [-0.3, -0.25) is 4.79 Å². The molecule has 1 saturated heterocycles. The summed E-state index contributed by atoms with van der Waals surface area (Å²) < 4.78 is 0. The van der Waals surface area contributed by atoms with Crippen LogP contribution in [0.15, 0.2) is 0 Å². The maximum Gasteiger partial charge on any atom is 0.238 e. The third-order valence-corrected chi connectivity index (χ3v) is 4.43. The molecule has 104 valence electrons. The molecule has 5 heteroatoms. The highest BCUT2D eigenvalue weighted by Gasteiger charge is 2.36. The van der Waals surface area contributed by atoms with Gasteiger partial charge in [-0.1, -0.05) is 12.8 Å². The summed E-state index contributed by atoms with van der Waals surface area (Å²) in [5, 5.41) is 9.62. The van der Waals surface area contributed by atoms with Gasteiger partial charge in [0.2, 0.25) is 5.91 Å². The van der Waals surface area contributed by atoms with Gasteiger partial charge in [0.1, 0.15) is 0 Å². The molecule has 0 spiro atoms. The van der Waals surface area contributed by atoms with Crippen LogP contribution in [0.1, 0.15) is 25.7 Å². The van der Waals surface area contributed by atoms with Crippen LogP contribution in [0.5, 0.6) is 0 Å². The zero-order valence-corrected chi connectivity index (χ0v) is 11.6. The fourth-order valence-electron chi connectivity index (χ4n) is 3.03. The van der Waals surface area contributed by atoms with Crippen molar-refractivity contribution < 1.29 is 4.79 Å². The van der Waals surface area contributed by atoms with Gasteiger partial charge in [0.25, 0.3) is 0 Å². The lowest BCUT2D eigenvalue weighted by molar-refractivity contribution is -0.123. The van der Waals surface area contributed by atoms with E-state index < -0.39 is 0 Å². The molecule has 0 aromatic carbocycles. The quantitative estimate of drug-likeness (QED) is 0.635. The maximum atomic E-state index is 12.1. The van der Waals surface area contributed by atoms with E-state index in [2.05, 4.69) is 34.9 Å². The Balaban J connectivity index is 1.83. The number of hydrogen-bond donors (Lipinski definition) is 3. The molecular weight excluding hydrogens is 228 g/mol. The van der Waals surface area contributed by atoms with Gasteiger partial charge in [0.15, 0.2) is 0 Å². The number of nitrogens with zero attached hydrogens (tertiary/aromatic N) is 1. The highest BCUT2D eigenvalue weighted by atomic mass is 16.2. The van der Waals surface area contributed by atoms with Gasteiger partial charge in [0.05, 0.1) is 6.04 Å². The fraction of sp³-hybridized carbons (Fsp3) is 0.923. The van der Waals surface area contributed by atoms with Crippen LogP contribution < -0.4 is 16.0 Å². The topological polar surface area (TPSA) is 56.4 Å². The van der Waals surface area contributed by atoms with Crippen molar-refractivity contribution in [2.45, 2.75) is 37.3 Å². The number of rotatable bonds is 4. The van der Waals surface area contributed by atoms with Crippen LogP contribution in [0.3, 0.4) is 0 Å². The van der Waals surface area contributed by atoms with Crippen molar-refractivity contribution in [3.63, 3.8) is 0 Å². The molecule has 0 radical (unpaired) electrons. The Kier molecular flexibility index (Phi) is 4.59. The van der Waals surface area contributed by atoms with Crippen LogP contribution >= 0.6 is 0 Å². The third kappa shape index (κ3) is 3.02. The van der Waals surface area contributed by atoms with E-state index in [0.717, 1.165) is 26.2 Å². The number of nitrogens with one attached hydrogen (secondary N) is 3. The first-order valence-electron chi connectivity index (χ1n) is 7.03. The second kappa shape index (κ2) is 5.99. The van der Waals surface area contributed by atoms with Crippen molar-refractivity contribution in [2.75, 3.05) is 40.3 Å². The SMILES string of the molecule is CN(C)C1(CNC(=O)C2CNCCN2)CCCC1. The van der Waals surface area contributed by atoms with E-state index in [-0.39, 0.29) is 17.5 Å². The highest BCUT2D eigenvalue weighted by Crippen LogP contribution is 2.33. The lowest BCUT2D eigenvalue weighted by atomic mass is 9.96. The molecular formula is C13H26N4O. The normalized spacial score (nSPS) is 27.4. The van der Waals surface area contributed by atoms with Crippen LogP contribution in [0.25, 0.3) is 0 Å². The molecule has 1 heterocycles. The molecule has 2 aliphatic rings. The smallest absolute Gasteiger partial charge is 0.238 e. The number of piperazine rings is 1. The first-order chi connectivity index (χ1) is 8.64. The van der Waals surface area contributed by atoms with Crippen molar-refractivity contribution >= 4 is 5.91 Å². The minimum Gasteiger partial charge on any atom is -0.353 e. The van der Waals surface area contributed by atoms with Gasteiger partial charge >= 0.3 is 0 Å². The Hall–Kier alpha value is -0.650. The first kappa shape index (κ1) is 13.8. The Morgan fingerprint density at radius 2 is 2.06 bits per heavy atom. The number of hydrogen-bond acceptors (Lipinski definition) is 4. The van der Waals surface area contributed by atoms with Gasteiger partial charge in [-0.2, -0.15) is 0 Å². The zero-order valence-electron chi connectivity index (χ0n) is 11.6. The van der Waals surface area contributed by atoms with Crippen molar-refractivity contribution in [1.82, 2.24) is 20.9 Å². The van der Waals surface area contributed by atoms with Crippen LogP contribution in [-0.2, 0) is 4.79 Å². The van der Waals surface area contributed by atoms with Crippen LogP contribution in [0.4, 0.5) is 0 Å². The van der Waals surface area contributed by atoms with E-state index in [9.17, 15) is 4.79 Å². The first-order valence-corrected chi connectivity index (χ1v) is 7.03. The van der Waals surface area contributed by atoms with E-state index in [1.165, 1.54) is 25.7 Å². The van der Waals surface area contributed by atoms with Gasteiger partial charge in [-0.15, -0.1) is 0 Å². The number of amides is 1. The molecule has 0 aromatic heterocycles. The Labute approximate surface area is 110 Å². The van der Waals surface area contributed by atoms with Crippen molar-refractivity contribution in [3.8, 4) is 0 Å². The van der Waals surface area contributed by atoms with Crippen LogP contribution in [0, 0.1) is 0 Å². The molecule has 2 rings (SSSR count). The van der Waals surface area contributed by atoms with Crippen molar-refractivity contribution in [2.24, 2.45) is 0 Å². The number of carbonyl (C=O) groups is 1. The molecule has 18 heavy (non-hydrogen) atoms. The molecule has 1 atom stereocenters. The monoisotopic (exact) mass is 254 g/mol. The highest BCUT2D eigenvalue weighted by molar-refractivity contribution is 5.82. The minimum atomic E-state index is -0.0700. The second-order valence-electron chi connectivity index (χ2n) is 5.75. The summed E-state index contributed by atoms with van der Waals surface area (Å²) in [4.78, 5) is 14.4. The molecule has 1 unspecified atom stereocenters. The molecule has 0 aromatic rings. The zero-order chi connectivity index (χ0) is 13.0. The van der Waals surface area contributed by atoms with Crippen molar-refractivity contribution in [1.29, 1.82) is 0 Å². The number of carbonyl (C=O) groups excluding carboxylic acids is 1.